The number of nitrogens with zero attached hydrogens (tertiary/aromatic N) is 1. The van der Waals surface area contributed by atoms with E-state index >= 15 is 0 Å². The molecule has 0 aromatic carbocycles. The lowest BCUT2D eigenvalue weighted by Crippen LogP contribution is -3.00. The average Bonchev–Trinajstić information content (AvgIpc) is 2.63. The second-order valence-electron chi connectivity index (χ2n) is 3.01. The Morgan fingerprint density at radius 1 is 1.69 bits per heavy atom. The fraction of sp³-hybridized carbons (Fsp3) is 0.556. The number of imidazole rings is 1. The Bertz CT molecular complexity index is 327. The molecule has 92 valence electrons. The second kappa shape index (κ2) is 9.34. The molecule has 0 aliphatic carbocycles. The number of nitrogens with two attached hydrogens (primary N) is 1. The molecule has 0 fully saturated rings. The highest BCUT2D eigenvalue weighted by atomic mass is 127. The molecular formula is C9H17IN4S2. The maximum absolute atomic E-state index is 5.62. The van der Waals surface area contributed by atoms with E-state index in [0.29, 0.717) is 0 Å². The highest BCUT2D eigenvalue weighted by Gasteiger charge is 2.01. The van der Waals surface area contributed by atoms with Crippen LogP contribution in [0.1, 0.15) is 11.4 Å². The topological polar surface area (TPSA) is 66.7 Å². The summed E-state index contributed by atoms with van der Waals surface area (Å²) in [6, 6.07) is 0. The lowest BCUT2D eigenvalue weighted by atomic mass is 10.4. The zero-order chi connectivity index (χ0) is 11.1. The van der Waals surface area contributed by atoms with Crippen molar-refractivity contribution in [2.75, 3.05) is 18.6 Å². The van der Waals surface area contributed by atoms with E-state index < -0.39 is 0 Å². The SMILES string of the molecule is C/[S+]=C(\N)NCCSCc1[nH]cnc1C.[I-]. The van der Waals surface area contributed by atoms with Gasteiger partial charge in [-0.25, -0.2) is 16.0 Å². The van der Waals surface area contributed by atoms with Crippen LogP contribution in [0.15, 0.2) is 6.33 Å². The Morgan fingerprint density at radius 3 is 3.00 bits per heavy atom. The van der Waals surface area contributed by atoms with Gasteiger partial charge in [0.2, 0.25) is 11.4 Å². The van der Waals surface area contributed by atoms with Crippen LogP contribution in [-0.4, -0.2) is 33.6 Å². The van der Waals surface area contributed by atoms with Crippen LogP contribution in [0.5, 0.6) is 0 Å². The molecule has 1 aromatic heterocycles. The Balaban J connectivity index is 0.00000225. The molecule has 1 rings (SSSR count). The van der Waals surface area contributed by atoms with Crippen molar-refractivity contribution in [2.24, 2.45) is 5.73 Å². The summed E-state index contributed by atoms with van der Waals surface area (Å²) < 4.78 is 0. The summed E-state index contributed by atoms with van der Waals surface area (Å²) in [7, 11) is 0. The molecular weight excluding hydrogens is 355 g/mol. The number of halogens is 1. The fourth-order valence-corrected chi connectivity index (χ4v) is 2.16. The number of thioether (sulfide) groups is 1. The lowest BCUT2D eigenvalue weighted by molar-refractivity contribution is -0.00000348. The largest absolute Gasteiger partial charge is 1.00 e. The molecule has 4 N–H and O–H groups in total. The van der Waals surface area contributed by atoms with E-state index in [2.05, 4.69) is 15.3 Å². The summed E-state index contributed by atoms with van der Waals surface area (Å²) >= 11 is 3.41. The van der Waals surface area contributed by atoms with Crippen molar-refractivity contribution in [1.82, 2.24) is 15.3 Å². The van der Waals surface area contributed by atoms with Gasteiger partial charge >= 0.3 is 5.11 Å². The van der Waals surface area contributed by atoms with Crippen molar-refractivity contribution < 1.29 is 24.0 Å². The molecule has 1 aromatic rings. The molecule has 0 radical (unpaired) electrons. The molecule has 1 heterocycles. The number of rotatable bonds is 5. The Kier molecular flexibility index (Phi) is 9.52. The minimum absolute atomic E-state index is 0. The number of H-pyrrole nitrogens is 1. The van der Waals surface area contributed by atoms with Gasteiger partial charge in [-0.2, -0.15) is 11.8 Å². The third kappa shape index (κ3) is 6.14. The molecule has 0 aliphatic rings. The molecule has 0 saturated carbocycles. The molecule has 0 atom stereocenters. The number of aromatic nitrogens is 2. The van der Waals surface area contributed by atoms with Gasteiger partial charge in [-0.1, -0.05) is 0 Å². The fourth-order valence-electron chi connectivity index (χ4n) is 1.03. The van der Waals surface area contributed by atoms with Gasteiger partial charge < -0.3 is 29.0 Å². The van der Waals surface area contributed by atoms with Crippen LogP contribution in [0.25, 0.3) is 0 Å². The van der Waals surface area contributed by atoms with Crippen molar-refractivity contribution in [1.29, 1.82) is 0 Å². The zero-order valence-electron chi connectivity index (χ0n) is 9.42. The van der Waals surface area contributed by atoms with Gasteiger partial charge in [0.25, 0.3) is 0 Å². The molecule has 0 amide bonds. The summed E-state index contributed by atoms with van der Waals surface area (Å²) in [5.41, 5.74) is 7.92. The first-order valence-electron chi connectivity index (χ1n) is 4.71. The van der Waals surface area contributed by atoms with E-state index in [9.17, 15) is 0 Å². The van der Waals surface area contributed by atoms with E-state index in [1.54, 1.807) is 17.7 Å². The number of aromatic amines is 1. The van der Waals surface area contributed by atoms with Gasteiger partial charge in [-0.3, -0.25) is 0 Å². The average molecular weight is 372 g/mol. The Morgan fingerprint density at radius 2 is 2.44 bits per heavy atom. The van der Waals surface area contributed by atoms with Crippen LogP contribution in [0.3, 0.4) is 0 Å². The summed E-state index contributed by atoms with van der Waals surface area (Å²) in [6.07, 6.45) is 3.70. The first-order chi connectivity index (χ1) is 7.24. The quantitative estimate of drug-likeness (QED) is 0.228. The van der Waals surface area contributed by atoms with Crippen LogP contribution >= 0.6 is 11.8 Å². The molecule has 0 unspecified atom stereocenters. The number of hydrogen-bond acceptors (Lipinski definition) is 2. The van der Waals surface area contributed by atoms with Gasteiger partial charge in [-0.15, -0.1) is 0 Å². The third-order valence-electron chi connectivity index (χ3n) is 1.95. The van der Waals surface area contributed by atoms with Crippen molar-refractivity contribution in [3.63, 3.8) is 0 Å². The van der Waals surface area contributed by atoms with Crippen molar-refractivity contribution in [2.45, 2.75) is 12.7 Å². The van der Waals surface area contributed by atoms with Gasteiger partial charge in [0, 0.05) is 23.7 Å². The minimum atomic E-state index is 0. The predicted octanol–water partition coefficient (Wildman–Crippen LogP) is -2.70. The highest BCUT2D eigenvalue weighted by Crippen LogP contribution is 2.11. The van der Waals surface area contributed by atoms with E-state index in [4.69, 9.17) is 5.73 Å². The smallest absolute Gasteiger partial charge is 0.317 e. The third-order valence-corrected chi connectivity index (χ3v) is 3.52. The highest BCUT2D eigenvalue weighted by molar-refractivity contribution is 7.98. The van der Waals surface area contributed by atoms with Gasteiger partial charge in [0.15, 0.2) is 6.26 Å². The van der Waals surface area contributed by atoms with Crippen LogP contribution in [0.2, 0.25) is 0 Å². The molecule has 16 heavy (non-hydrogen) atoms. The van der Waals surface area contributed by atoms with Gasteiger partial charge in [0.1, 0.15) is 0 Å². The summed E-state index contributed by atoms with van der Waals surface area (Å²) in [6.45, 7) is 2.93. The van der Waals surface area contributed by atoms with E-state index in [0.717, 1.165) is 28.9 Å². The maximum Gasteiger partial charge on any atom is 0.317 e. The number of nitrogens with one attached hydrogen (secondary N) is 2. The molecule has 7 heteroatoms. The van der Waals surface area contributed by atoms with Crippen LogP contribution in [0, 0.1) is 6.92 Å². The normalized spacial score (nSPS) is 11.3. The molecule has 0 bridgehead atoms. The number of aryl methyl sites for hydroxylation is 1. The van der Waals surface area contributed by atoms with Gasteiger partial charge in [-0.05, 0) is 6.92 Å². The van der Waals surface area contributed by atoms with Crippen LogP contribution < -0.4 is 35.0 Å². The van der Waals surface area contributed by atoms with Crippen molar-refractivity contribution in [3.05, 3.63) is 17.7 Å². The Hall–Kier alpha value is 0.300. The van der Waals surface area contributed by atoms with Gasteiger partial charge in [0.05, 0.1) is 12.0 Å². The predicted molar refractivity (Wildman–Crippen MR) is 70.0 cm³/mol. The first kappa shape index (κ1) is 16.3. The second-order valence-corrected chi connectivity index (χ2v) is 4.97. The van der Waals surface area contributed by atoms with Crippen molar-refractivity contribution >= 4 is 28.2 Å². The van der Waals surface area contributed by atoms with E-state index in [1.165, 1.54) is 5.69 Å². The van der Waals surface area contributed by atoms with Crippen LogP contribution in [-0.2, 0) is 17.1 Å². The first-order valence-corrected chi connectivity index (χ1v) is 7.09. The van der Waals surface area contributed by atoms with Crippen LogP contribution in [0.4, 0.5) is 0 Å². The Labute approximate surface area is 122 Å². The molecule has 0 saturated heterocycles. The lowest BCUT2D eigenvalue weighted by Gasteiger charge is -2.00. The summed E-state index contributed by atoms with van der Waals surface area (Å²) in [5.74, 6) is 2.02. The molecule has 0 spiro atoms. The summed E-state index contributed by atoms with van der Waals surface area (Å²) in [4.78, 5) is 7.27. The molecule has 0 aliphatic heterocycles. The maximum atomic E-state index is 5.62. The van der Waals surface area contributed by atoms with Crippen molar-refractivity contribution in [3.8, 4) is 0 Å². The van der Waals surface area contributed by atoms with E-state index in [1.807, 2.05) is 24.9 Å². The minimum Gasteiger partial charge on any atom is -1.00 e. The molecule has 4 nitrogen and oxygen atoms in total. The number of hydrogen-bond donors (Lipinski definition) is 3. The zero-order valence-corrected chi connectivity index (χ0v) is 13.2. The standard InChI is InChI=1S/C9H17N4S2.HI/c1-7-8(13-6-12-7)5-15-4-3-11-9(10)14-2;/h6,11H,3-5,10H2,1-2H3,(H,12,13);1H/q+1;/p-1. The summed E-state index contributed by atoms with van der Waals surface area (Å²) in [5, 5.41) is 3.92. The van der Waals surface area contributed by atoms with E-state index in [-0.39, 0.29) is 24.0 Å². The monoisotopic (exact) mass is 372 g/mol.